The molecule has 0 saturated heterocycles. The number of ketones is 1. The van der Waals surface area contributed by atoms with Crippen molar-refractivity contribution in [3.05, 3.63) is 108 Å². The zero-order valence-electron chi connectivity index (χ0n) is 15.0. The fourth-order valence-electron chi connectivity index (χ4n) is 2.24. The third kappa shape index (κ3) is 5.16. The average molecular weight is 412 g/mol. The summed E-state index contributed by atoms with van der Waals surface area (Å²) in [5, 5.41) is 42.1. The zero-order chi connectivity index (χ0) is 22.3. The lowest BCUT2D eigenvalue weighted by Crippen LogP contribution is -2.16. The molecule has 0 unspecified atom stereocenters. The minimum Gasteiger partial charge on any atom is -0.863 e. The molecule has 0 aliphatic rings. The molecule has 152 valence electrons. The van der Waals surface area contributed by atoms with Gasteiger partial charge in [0.25, 0.3) is 28.5 Å². The van der Waals surface area contributed by atoms with Gasteiger partial charge in [0.05, 0.1) is 32.7 Å². The number of rotatable bonds is 5. The first-order chi connectivity index (χ1) is 14.2. The van der Waals surface area contributed by atoms with Crippen LogP contribution in [0.4, 0.5) is 17.1 Å². The molecule has 30 heavy (non-hydrogen) atoms. The van der Waals surface area contributed by atoms with E-state index < -0.39 is 37.6 Å². The number of non-ortho nitro benzene ring substituents is 1. The standard InChI is InChI=1S/C12H9NO.C6H3N3O7/c14-12(10-6-2-1-3-7-10)11-8-4-5-9-13-11;10-6-4(8(13)14)1-3(7(11)12)2-5(6)9(15)16/h1-9H;1-2,10H. The molecule has 12 nitrogen and oxygen atoms in total. The highest BCUT2D eigenvalue weighted by molar-refractivity contribution is 6.06. The summed E-state index contributed by atoms with van der Waals surface area (Å²) in [6, 6.07) is 15.5. The summed E-state index contributed by atoms with van der Waals surface area (Å²) in [6.07, 6.45) is 1.75. The molecular formula is C18H12N4O8. The van der Waals surface area contributed by atoms with E-state index in [1.165, 1.54) is 0 Å². The number of pyridine rings is 1. The molecule has 1 heterocycles. The smallest absolute Gasteiger partial charge is 0.283 e. The lowest BCUT2D eigenvalue weighted by atomic mass is 10.1. The van der Waals surface area contributed by atoms with E-state index in [1.807, 2.05) is 42.5 Å². The van der Waals surface area contributed by atoms with Gasteiger partial charge in [-0.15, -0.1) is 0 Å². The number of nitrogens with one attached hydrogen (secondary N) is 1. The van der Waals surface area contributed by atoms with Crippen LogP contribution >= 0.6 is 0 Å². The van der Waals surface area contributed by atoms with Crippen molar-refractivity contribution in [3.63, 3.8) is 0 Å². The first kappa shape index (κ1) is 21.6. The van der Waals surface area contributed by atoms with Crippen molar-refractivity contribution < 1.29 is 29.7 Å². The molecule has 0 aliphatic heterocycles. The summed E-state index contributed by atoms with van der Waals surface area (Å²) in [6.45, 7) is 0. The van der Waals surface area contributed by atoms with E-state index in [2.05, 4.69) is 4.98 Å². The van der Waals surface area contributed by atoms with Crippen LogP contribution in [0.1, 0.15) is 16.1 Å². The first-order valence-electron chi connectivity index (χ1n) is 8.07. The predicted molar refractivity (Wildman–Crippen MR) is 98.7 cm³/mol. The molecular weight excluding hydrogens is 400 g/mol. The molecule has 0 radical (unpaired) electrons. The number of benzene rings is 2. The third-order valence-electron chi connectivity index (χ3n) is 3.63. The number of carbonyl (C=O) groups excluding carboxylic acids is 1. The van der Waals surface area contributed by atoms with Crippen LogP contribution in [0.25, 0.3) is 0 Å². The molecule has 0 bridgehead atoms. The molecule has 0 saturated carbocycles. The maximum absolute atomic E-state index is 11.8. The molecule has 3 rings (SSSR count). The van der Waals surface area contributed by atoms with Gasteiger partial charge in [-0.05, 0) is 6.07 Å². The number of H-pyrrole nitrogens is 1. The minimum atomic E-state index is -1.46. The van der Waals surface area contributed by atoms with Gasteiger partial charge in [-0.25, -0.2) is 4.98 Å². The quantitative estimate of drug-likeness (QED) is 0.347. The van der Waals surface area contributed by atoms with Crippen LogP contribution in [0.3, 0.4) is 0 Å². The molecule has 3 aromatic rings. The number of nitro benzene ring substituents is 3. The van der Waals surface area contributed by atoms with Crippen LogP contribution in [0.15, 0.2) is 66.9 Å². The van der Waals surface area contributed by atoms with E-state index in [0.717, 1.165) is 0 Å². The van der Waals surface area contributed by atoms with Crippen LogP contribution in [0.5, 0.6) is 5.75 Å². The number of nitro groups is 3. The Morgan fingerprint density at radius 2 is 1.30 bits per heavy atom. The van der Waals surface area contributed by atoms with Crippen LogP contribution in [0, 0.1) is 30.3 Å². The van der Waals surface area contributed by atoms with Crippen LogP contribution in [-0.2, 0) is 0 Å². The second kappa shape index (κ2) is 9.45. The van der Waals surface area contributed by atoms with Gasteiger partial charge in [0.2, 0.25) is 0 Å². The molecule has 12 heteroatoms. The zero-order valence-corrected chi connectivity index (χ0v) is 15.0. The molecule has 0 spiro atoms. The van der Waals surface area contributed by atoms with Crippen LogP contribution in [-0.4, -0.2) is 20.6 Å². The van der Waals surface area contributed by atoms with Crippen molar-refractivity contribution in [3.8, 4) is 5.75 Å². The van der Waals surface area contributed by atoms with E-state index >= 15 is 0 Å². The van der Waals surface area contributed by atoms with Crippen molar-refractivity contribution in [2.75, 3.05) is 0 Å². The van der Waals surface area contributed by atoms with Crippen molar-refractivity contribution in [2.24, 2.45) is 0 Å². The lowest BCUT2D eigenvalue weighted by Gasteiger charge is -2.06. The Bertz CT molecular complexity index is 1030. The van der Waals surface area contributed by atoms with Crippen molar-refractivity contribution in [1.29, 1.82) is 0 Å². The monoisotopic (exact) mass is 412 g/mol. The van der Waals surface area contributed by atoms with E-state index in [-0.39, 0.29) is 5.78 Å². The Balaban J connectivity index is 0.000000215. The summed E-state index contributed by atoms with van der Waals surface area (Å²) in [7, 11) is 0. The number of hydrogen-bond donors (Lipinski definition) is 0. The van der Waals surface area contributed by atoms with Crippen molar-refractivity contribution in [2.45, 2.75) is 0 Å². The number of nitrogens with zero attached hydrogens (tertiary/aromatic N) is 3. The molecule has 0 fully saturated rings. The highest BCUT2D eigenvalue weighted by atomic mass is 16.6. The Hall–Kier alpha value is -4.74. The topological polar surface area (TPSA) is 184 Å². The third-order valence-corrected chi connectivity index (χ3v) is 3.63. The molecule has 1 aromatic heterocycles. The van der Waals surface area contributed by atoms with E-state index in [0.29, 0.717) is 23.4 Å². The Kier molecular flexibility index (Phi) is 6.79. The fourth-order valence-corrected chi connectivity index (χ4v) is 2.24. The van der Waals surface area contributed by atoms with Gasteiger partial charge in [0.1, 0.15) is 0 Å². The van der Waals surface area contributed by atoms with Crippen LogP contribution < -0.4 is 10.1 Å². The molecule has 0 amide bonds. The fraction of sp³-hybridized carbons (Fsp3) is 0. The summed E-state index contributed by atoms with van der Waals surface area (Å²) in [4.78, 5) is 42.2. The second-order valence-electron chi connectivity index (χ2n) is 5.56. The van der Waals surface area contributed by atoms with Crippen molar-refractivity contribution in [1.82, 2.24) is 0 Å². The van der Waals surface area contributed by atoms with Gasteiger partial charge >= 0.3 is 0 Å². The van der Waals surface area contributed by atoms with Crippen LogP contribution in [0.2, 0.25) is 0 Å². The highest BCUT2D eigenvalue weighted by Gasteiger charge is 2.24. The first-order valence-corrected chi connectivity index (χ1v) is 8.07. The summed E-state index contributed by atoms with van der Waals surface area (Å²) < 4.78 is 0. The summed E-state index contributed by atoms with van der Waals surface area (Å²) in [5.41, 5.74) is -1.95. The lowest BCUT2D eigenvalue weighted by molar-refractivity contribution is -0.420. The van der Waals surface area contributed by atoms with Gasteiger partial charge < -0.3 is 5.11 Å². The molecule has 2 aromatic carbocycles. The van der Waals surface area contributed by atoms with Crippen molar-refractivity contribution >= 4 is 22.8 Å². The summed E-state index contributed by atoms with van der Waals surface area (Å²) >= 11 is 0. The summed E-state index contributed by atoms with van der Waals surface area (Å²) in [5.74, 6) is -1.44. The normalized spacial score (nSPS) is 9.73. The maximum Gasteiger partial charge on any atom is 0.283 e. The van der Waals surface area contributed by atoms with Gasteiger partial charge in [-0.2, -0.15) is 0 Å². The second-order valence-corrected chi connectivity index (χ2v) is 5.56. The average Bonchev–Trinajstić information content (AvgIpc) is 2.74. The van der Waals surface area contributed by atoms with E-state index in [4.69, 9.17) is 0 Å². The molecule has 0 atom stereocenters. The minimum absolute atomic E-state index is 0.0196. The van der Waals surface area contributed by atoms with E-state index in [1.54, 1.807) is 12.3 Å². The van der Waals surface area contributed by atoms with Gasteiger partial charge in [-0.3, -0.25) is 35.1 Å². The number of carbonyl (C=O) groups is 1. The Morgan fingerprint density at radius 3 is 1.73 bits per heavy atom. The molecule has 0 aliphatic carbocycles. The number of aromatic amines is 1. The highest BCUT2D eigenvalue weighted by Crippen LogP contribution is 2.36. The maximum atomic E-state index is 11.8. The van der Waals surface area contributed by atoms with E-state index in [9.17, 15) is 40.2 Å². The van der Waals surface area contributed by atoms with Gasteiger partial charge in [-0.1, -0.05) is 30.3 Å². The SMILES string of the molecule is O=C(c1ccccc1)c1cccc[nH+]1.O=[N+]([O-])c1cc([N+](=O)[O-])c([O-])c([N+](=O)[O-])c1. The predicted octanol–water partition coefficient (Wildman–Crippen LogP) is 2.22. The largest absolute Gasteiger partial charge is 0.863 e. The molecule has 1 N–H and O–H groups in total. The van der Waals surface area contributed by atoms with Gasteiger partial charge in [0.15, 0.2) is 6.20 Å². The Morgan fingerprint density at radius 1 is 0.767 bits per heavy atom. The number of aromatic nitrogens is 1. The Labute approximate surface area is 167 Å². The van der Waals surface area contributed by atoms with Gasteiger partial charge in [0, 0.05) is 17.7 Å². The number of hydrogen-bond acceptors (Lipinski definition) is 8.